The summed E-state index contributed by atoms with van der Waals surface area (Å²) in [5, 5.41) is 84.2. The van der Waals surface area contributed by atoms with E-state index in [4.69, 9.17) is 37.9 Å². The summed E-state index contributed by atoms with van der Waals surface area (Å²) in [6.45, 7) is 9.58. The molecule has 5 saturated heterocycles. The highest BCUT2D eigenvalue weighted by Gasteiger charge is 2.69. The van der Waals surface area contributed by atoms with Gasteiger partial charge < -0.3 is 78.7 Å². The molecule has 0 aromatic heterocycles. The van der Waals surface area contributed by atoms with Gasteiger partial charge in [-0.05, 0) is 104 Å². The first-order valence-electron chi connectivity index (χ1n) is 22.6. The number of rotatable bonds is 7. The maximum atomic E-state index is 11.0. The van der Waals surface area contributed by atoms with E-state index in [9.17, 15) is 40.9 Å². The van der Waals surface area contributed by atoms with Crippen LogP contribution in [-0.4, -0.2) is 165 Å². The molecule has 0 radical (unpaired) electrons. The number of hydrogen-bond acceptors (Lipinski definition) is 16. The molecule has 0 unspecified atom stereocenters. The SMILES string of the molecule is C[C@H]1CC[C@@]2(OC1)O[C@H]1C[C@H]3[C@@H]4CC[C@@H]5C[C@@H](O[C@@H]6O[C@H](CO[C@@H]7OC[C@H](O[C@@H]8OC[C@@H](O)[C@H](O)[C@H]8O)[C@H](O)[C@H]7O)[C@@H](O)[C@H](O)[C@H]6O)CC[C@]5(C)[C@H]4CC[C@]3(C)[C@H]1[C@@H]2C. The second-order valence-electron chi connectivity index (χ2n) is 20.7. The fraction of sp³-hybridized carbons (Fsp3) is 1.00. The van der Waals surface area contributed by atoms with Gasteiger partial charge in [0, 0.05) is 12.3 Å². The van der Waals surface area contributed by atoms with Crippen LogP contribution in [0.15, 0.2) is 0 Å². The highest BCUT2D eigenvalue weighted by molar-refractivity contribution is 5.15. The standard InChI is InChI=1S/C43H70O16/c1-19-7-12-43(55-15-19)20(2)30-27(59-43)14-25-23-6-5-21-13-22(8-10-41(21,3)24(23)9-11-42(25,30)4)56-40-37(51)34(48)32(46)28(58-40)17-53-38-36(50)33(47)29(18-54-38)57-39-35(49)31(45)26(44)16-52-39/h19-40,44-51H,5-18H2,1-4H3/t19-,20-,21+,22-,23+,24-,25-,26+,27-,28+,29-,30-,31-,32+,33-,34-,35+,36+,37+,38+,39-,40+,41-,42-,43+/m0/s1. The van der Waals surface area contributed by atoms with Gasteiger partial charge >= 0.3 is 0 Å². The van der Waals surface area contributed by atoms with Crippen LogP contribution in [0.1, 0.15) is 91.9 Å². The summed E-state index contributed by atoms with van der Waals surface area (Å²) in [4.78, 5) is 0. The predicted molar refractivity (Wildman–Crippen MR) is 204 cm³/mol. The van der Waals surface area contributed by atoms with Gasteiger partial charge in [0.05, 0.1) is 38.6 Å². The summed E-state index contributed by atoms with van der Waals surface area (Å²) in [7, 11) is 0. The van der Waals surface area contributed by atoms with Crippen LogP contribution in [0.2, 0.25) is 0 Å². The van der Waals surface area contributed by atoms with Crippen LogP contribution in [0.3, 0.4) is 0 Å². The molecule has 0 bridgehead atoms. The number of hydrogen-bond donors (Lipinski definition) is 8. The third-order valence-corrected chi connectivity index (χ3v) is 17.5. The van der Waals surface area contributed by atoms with Crippen molar-refractivity contribution < 1.29 is 78.7 Å². The topological polar surface area (TPSA) is 236 Å². The Morgan fingerprint density at radius 2 is 1.36 bits per heavy atom. The van der Waals surface area contributed by atoms with Gasteiger partial charge in [0.2, 0.25) is 0 Å². The average Bonchev–Trinajstić information content (AvgIpc) is 3.67. The molecule has 338 valence electrons. The fourth-order valence-electron chi connectivity index (χ4n) is 14.0. The largest absolute Gasteiger partial charge is 0.388 e. The summed E-state index contributed by atoms with van der Waals surface area (Å²) in [6, 6.07) is 0. The molecular formula is C43H70O16. The molecule has 0 amide bonds. The summed E-state index contributed by atoms with van der Waals surface area (Å²) in [6.07, 6.45) is -7.76. The lowest BCUT2D eigenvalue weighted by molar-refractivity contribution is -0.343. The van der Waals surface area contributed by atoms with Gasteiger partial charge in [-0.2, -0.15) is 0 Å². The Balaban J connectivity index is 0.780. The van der Waals surface area contributed by atoms with Crippen molar-refractivity contribution in [3.63, 3.8) is 0 Å². The molecule has 5 heterocycles. The van der Waals surface area contributed by atoms with Crippen molar-refractivity contribution in [3.05, 3.63) is 0 Å². The van der Waals surface area contributed by atoms with Crippen molar-refractivity contribution in [1.29, 1.82) is 0 Å². The van der Waals surface area contributed by atoms with Crippen molar-refractivity contribution in [2.24, 2.45) is 52.3 Å². The lowest BCUT2D eigenvalue weighted by Gasteiger charge is -2.61. The molecule has 1 spiro atoms. The van der Waals surface area contributed by atoms with E-state index in [1.54, 1.807) is 0 Å². The van der Waals surface area contributed by atoms with Gasteiger partial charge in [-0.1, -0.05) is 27.7 Å². The van der Waals surface area contributed by atoms with Gasteiger partial charge in [0.1, 0.15) is 61.0 Å². The van der Waals surface area contributed by atoms with Gasteiger partial charge in [0.25, 0.3) is 0 Å². The second kappa shape index (κ2) is 16.4. The van der Waals surface area contributed by atoms with E-state index in [2.05, 4.69) is 27.7 Å². The van der Waals surface area contributed by atoms with Crippen LogP contribution in [0.25, 0.3) is 0 Å². The molecule has 9 aliphatic rings. The molecule has 0 aromatic rings. The highest BCUT2D eigenvalue weighted by Crippen LogP contribution is 2.71. The fourth-order valence-corrected chi connectivity index (χ4v) is 14.0. The van der Waals surface area contributed by atoms with Crippen molar-refractivity contribution in [2.75, 3.05) is 26.4 Å². The van der Waals surface area contributed by atoms with E-state index in [1.807, 2.05) is 0 Å². The first kappa shape index (κ1) is 43.6. The van der Waals surface area contributed by atoms with Crippen molar-refractivity contribution in [1.82, 2.24) is 0 Å². The molecule has 5 aliphatic heterocycles. The zero-order chi connectivity index (χ0) is 41.8. The summed E-state index contributed by atoms with van der Waals surface area (Å²) < 4.78 is 48.1. The average molecular weight is 843 g/mol. The van der Waals surface area contributed by atoms with Crippen LogP contribution >= 0.6 is 0 Å². The number of ether oxygens (including phenoxy) is 8. The molecule has 59 heavy (non-hydrogen) atoms. The first-order chi connectivity index (χ1) is 28.0. The Labute approximate surface area is 346 Å². The zero-order valence-corrected chi connectivity index (χ0v) is 34.9. The Kier molecular flexibility index (Phi) is 12.1. The Hall–Kier alpha value is -0.640. The third kappa shape index (κ3) is 7.38. The molecule has 4 saturated carbocycles. The quantitative estimate of drug-likeness (QED) is 0.164. The number of aliphatic hydroxyl groups is 8. The molecular weight excluding hydrogens is 772 g/mol. The Morgan fingerprint density at radius 1 is 0.627 bits per heavy atom. The number of aliphatic hydroxyl groups excluding tert-OH is 8. The van der Waals surface area contributed by atoms with E-state index in [-0.39, 0.29) is 42.9 Å². The van der Waals surface area contributed by atoms with Crippen LogP contribution < -0.4 is 0 Å². The lowest BCUT2D eigenvalue weighted by atomic mass is 9.44. The van der Waals surface area contributed by atoms with Crippen LogP contribution in [0.4, 0.5) is 0 Å². The van der Waals surface area contributed by atoms with E-state index in [0.29, 0.717) is 41.4 Å². The Bertz CT molecular complexity index is 1470. The van der Waals surface area contributed by atoms with Crippen LogP contribution in [0, 0.1) is 52.3 Å². The van der Waals surface area contributed by atoms with Gasteiger partial charge in [-0.3, -0.25) is 0 Å². The minimum Gasteiger partial charge on any atom is -0.388 e. The van der Waals surface area contributed by atoms with Gasteiger partial charge in [-0.25, -0.2) is 0 Å². The maximum Gasteiger partial charge on any atom is 0.186 e. The highest BCUT2D eigenvalue weighted by atomic mass is 16.7. The molecule has 8 N–H and O–H groups in total. The number of fused-ring (bicyclic) bond motifs is 7. The smallest absolute Gasteiger partial charge is 0.186 e. The molecule has 4 aliphatic carbocycles. The molecule has 16 heteroatoms. The molecule has 25 atom stereocenters. The van der Waals surface area contributed by atoms with Gasteiger partial charge in [0.15, 0.2) is 24.7 Å². The molecule has 0 aromatic carbocycles. The molecule has 16 nitrogen and oxygen atoms in total. The summed E-state index contributed by atoms with van der Waals surface area (Å²) in [5.74, 6) is 3.53. The minimum absolute atomic E-state index is 0.179. The zero-order valence-electron chi connectivity index (χ0n) is 34.9. The normalized spacial score (nSPS) is 58.8. The maximum absolute atomic E-state index is 11.0. The van der Waals surface area contributed by atoms with Gasteiger partial charge in [-0.15, -0.1) is 0 Å². The van der Waals surface area contributed by atoms with E-state index in [1.165, 1.54) is 25.7 Å². The molecule has 9 rings (SSSR count). The van der Waals surface area contributed by atoms with Crippen LogP contribution in [-0.2, 0) is 37.9 Å². The van der Waals surface area contributed by atoms with Crippen molar-refractivity contribution in [2.45, 2.75) is 190 Å². The van der Waals surface area contributed by atoms with E-state index < -0.39 is 85.7 Å². The predicted octanol–water partition coefficient (Wildman–Crippen LogP) is 0.545. The lowest BCUT2D eigenvalue weighted by Crippen LogP contribution is -2.62. The van der Waals surface area contributed by atoms with Crippen molar-refractivity contribution in [3.8, 4) is 0 Å². The van der Waals surface area contributed by atoms with E-state index >= 15 is 0 Å². The molecule has 9 fully saturated rings. The monoisotopic (exact) mass is 842 g/mol. The van der Waals surface area contributed by atoms with E-state index in [0.717, 1.165) is 45.1 Å². The summed E-state index contributed by atoms with van der Waals surface area (Å²) in [5.41, 5.74) is 0.438. The van der Waals surface area contributed by atoms with Crippen molar-refractivity contribution >= 4 is 0 Å². The summed E-state index contributed by atoms with van der Waals surface area (Å²) >= 11 is 0. The minimum atomic E-state index is -1.63. The van der Waals surface area contributed by atoms with Crippen LogP contribution in [0.5, 0.6) is 0 Å². The third-order valence-electron chi connectivity index (χ3n) is 17.5. The first-order valence-corrected chi connectivity index (χ1v) is 22.6. The second-order valence-corrected chi connectivity index (χ2v) is 20.7. The Morgan fingerprint density at radius 3 is 2.12 bits per heavy atom.